The van der Waals surface area contributed by atoms with Gasteiger partial charge in [-0.05, 0) is 25.0 Å². The fourth-order valence-electron chi connectivity index (χ4n) is 2.86. The van der Waals surface area contributed by atoms with E-state index in [0.29, 0.717) is 18.6 Å². The summed E-state index contributed by atoms with van der Waals surface area (Å²) < 4.78 is 4.93. The van der Waals surface area contributed by atoms with Crippen molar-refractivity contribution in [2.75, 3.05) is 12.4 Å². The van der Waals surface area contributed by atoms with Crippen molar-refractivity contribution in [1.29, 1.82) is 0 Å². The molecule has 0 radical (unpaired) electrons. The number of nitro benzene ring substituents is 1. The molecule has 0 aliphatic heterocycles. The Balaban J connectivity index is 2.22. The van der Waals surface area contributed by atoms with E-state index in [-0.39, 0.29) is 11.4 Å². The van der Waals surface area contributed by atoms with Gasteiger partial charge in [-0.15, -0.1) is 0 Å². The van der Waals surface area contributed by atoms with Gasteiger partial charge < -0.3 is 15.2 Å². The minimum absolute atomic E-state index is 0.0375. The first-order chi connectivity index (χ1) is 10.9. The third-order valence-electron chi connectivity index (χ3n) is 4.08. The summed E-state index contributed by atoms with van der Waals surface area (Å²) in [6.45, 7) is 0. The van der Waals surface area contributed by atoms with Crippen LogP contribution >= 0.6 is 0 Å². The number of rotatable bonds is 5. The van der Waals surface area contributed by atoms with Crippen molar-refractivity contribution in [1.82, 2.24) is 0 Å². The Labute approximate surface area is 132 Å². The predicted octanol–water partition coefficient (Wildman–Crippen LogP) is 2.43. The highest BCUT2D eigenvalue weighted by Crippen LogP contribution is 2.33. The number of anilines is 1. The Bertz CT molecular complexity index is 630. The van der Waals surface area contributed by atoms with Crippen LogP contribution in [-0.4, -0.2) is 29.0 Å². The van der Waals surface area contributed by atoms with Crippen LogP contribution < -0.4 is 10.1 Å². The van der Waals surface area contributed by atoms with Gasteiger partial charge in [-0.2, -0.15) is 0 Å². The first-order valence-corrected chi connectivity index (χ1v) is 7.30. The molecule has 1 aromatic rings. The highest BCUT2D eigenvalue weighted by Gasteiger charge is 2.36. The van der Waals surface area contributed by atoms with Gasteiger partial charge in [0.05, 0.1) is 29.9 Å². The highest BCUT2D eigenvalue weighted by molar-refractivity contribution is 5.97. The molecule has 0 aromatic heterocycles. The van der Waals surface area contributed by atoms with Gasteiger partial charge in [-0.25, -0.2) is 0 Å². The summed E-state index contributed by atoms with van der Waals surface area (Å²) >= 11 is 0. The van der Waals surface area contributed by atoms with E-state index in [4.69, 9.17) is 4.74 Å². The van der Waals surface area contributed by atoms with Crippen molar-refractivity contribution in [2.24, 2.45) is 11.8 Å². The molecule has 1 saturated carbocycles. The minimum Gasteiger partial charge on any atom is -0.496 e. The molecule has 0 heterocycles. The van der Waals surface area contributed by atoms with E-state index in [1.807, 2.05) is 0 Å². The quantitative estimate of drug-likeness (QED) is 0.635. The van der Waals surface area contributed by atoms with E-state index in [0.717, 1.165) is 12.8 Å². The minimum atomic E-state index is -1.01. The maximum absolute atomic E-state index is 12.4. The molecule has 124 valence electrons. The number of carbonyl (C=O) groups is 2. The molecule has 23 heavy (non-hydrogen) atoms. The second-order valence-electron chi connectivity index (χ2n) is 5.47. The van der Waals surface area contributed by atoms with Gasteiger partial charge in [0.1, 0.15) is 11.4 Å². The third-order valence-corrected chi connectivity index (χ3v) is 4.08. The Morgan fingerprint density at radius 3 is 2.52 bits per heavy atom. The second-order valence-corrected chi connectivity index (χ2v) is 5.47. The van der Waals surface area contributed by atoms with Gasteiger partial charge in [0.25, 0.3) is 5.69 Å². The molecule has 2 atom stereocenters. The fraction of sp³-hybridized carbons (Fsp3) is 0.467. The number of nitro groups is 1. The van der Waals surface area contributed by atoms with Crippen molar-refractivity contribution in [2.45, 2.75) is 25.7 Å². The Kier molecular flexibility index (Phi) is 5.15. The summed E-state index contributed by atoms with van der Waals surface area (Å²) in [6.07, 6.45) is 2.45. The smallest absolute Gasteiger partial charge is 0.307 e. The molecule has 0 unspecified atom stereocenters. The maximum Gasteiger partial charge on any atom is 0.307 e. The van der Waals surface area contributed by atoms with Crippen molar-refractivity contribution >= 4 is 23.3 Å². The lowest BCUT2D eigenvalue weighted by molar-refractivity contribution is -0.384. The first-order valence-electron chi connectivity index (χ1n) is 7.30. The number of hydrogen-bond donors (Lipinski definition) is 2. The number of carboxylic acid groups (broad SMARTS) is 1. The summed E-state index contributed by atoms with van der Waals surface area (Å²) in [6, 6.07) is 4.09. The topological polar surface area (TPSA) is 119 Å². The largest absolute Gasteiger partial charge is 0.496 e. The summed E-state index contributed by atoms with van der Waals surface area (Å²) in [5.74, 6) is -2.63. The van der Waals surface area contributed by atoms with Crippen LogP contribution in [0.15, 0.2) is 18.2 Å². The van der Waals surface area contributed by atoms with E-state index >= 15 is 0 Å². The SMILES string of the molecule is COc1ccc(NC(=O)[C@H]2CCCC[C@@H]2C(=O)O)c([N+](=O)[O-])c1. The molecule has 1 amide bonds. The molecule has 8 heteroatoms. The summed E-state index contributed by atoms with van der Waals surface area (Å²) in [5.41, 5.74) is -0.254. The fourth-order valence-corrected chi connectivity index (χ4v) is 2.86. The van der Waals surface area contributed by atoms with Gasteiger partial charge in [-0.3, -0.25) is 19.7 Å². The zero-order valence-corrected chi connectivity index (χ0v) is 12.7. The number of benzene rings is 1. The van der Waals surface area contributed by atoms with Crippen LogP contribution in [0.2, 0.25) is 0 Å². The lowest BCUT2D eigenvalue weighted by atomic mass is 9.78. The number of nitrogens with zero attached hydrogens (tertiary/aromatic N) is 1. The van der Waals surface area contributed by atoms with E-state index in [1.165, 1.54) is 25.3 Å². The average molecular weight is 322 g/mol. The monoisotopic (exact) mass is 322 g/mol. The van der Waals surface area contributed by atoms with Gasteiger partial charge in [0.15, 0.2) is 0 Å². The number of carbonyl (C=O) groups excluding carboxylic acids is 1. The molecular formula is C15H18N2O6. The summed E-state index contributed by atoms with van der Waals surface area (Å²) in [4.78, 5) is 34.2. The molecular weight excluding hydrogens is 304 g/mol. The Hall–Kier alpha value is -2.64. The van der Waals surface area contributed by atoms with Crippen LogP contribution in [0.4, 0.5) is 11.4 Å². The zero-order chi connectivity index (χ0) is 17.0. The van der Waals surface area contributed by atoms with Gasteiger partial charge >= 0.3 is 5.97 Å². The van der Waals surface area contributed by atoms with Crippen LogP contribution in [0.25, 0.3) is 0 Å². The van der Waals surface area contributed by atoms with Crippen LogP contribution in [0.5, 0.6) is 5.75 Å². The first kappa shape index (κ1) is 16.7. The molecule has 2 rings (SSSR count). The molecule has 1 aliphatic carbocycles. The second kappa shape index (κ2) is 7.08. The third kappa shape index (κ3) is 3.77. The molecule has 0 spiro atoms. The number of amides is 1. The van der Waals surface area contributed by atoms with Crippen LogP contribution in [0.1, 0.15) is 25.7 Å². The van der Waals surface area contributed by atoms with E-state index in [2.05, 4.69) is 5.32 Å². The average Bonchev–Trinajstić information content (AvgIpc) is 2.54. The van der Waals surface area contributed by atoms with E-state index in [1.54, 1.807) is 0 Å². The lowest BCUT2D eigenvalue weighted by Gasteiger charge is -2.27. The van der Waals surface area contributed by atoms with Crippen LogP contribution in [0, 0.1) is 22.0 Å². The van der Waals surface area contributed by atoms with E-state index in [9.17, 15) is 24.8 Å². The summed E-state index contributed by atoms with van der Waals surface area (Å²) in [7, 11) is 1.39. The maximum atomic E-state index is 12.4. The van der Waals surface area contributed by atoms with Crippen molar-refractivity contribution in [3.05, 3.63) is 28.3 Å². The van der Waals surface area contributed by atoms with Crippen molar-refractivity contribution in [3.63, 3.8) is 0 Å². The Morgan fingerprint density at radius 1 is 1.30 bits per heavy atom. The molecule has 0 bridgehead atoms. The zero-order valence-electron chi connectivity index (χ0n) is 12.7. The number of methoxy groups -OCH3 is 1. The number of aliphatic carboxylic acids is 1. The highest BCUT2D eigenvalue weighted by atomic mass is 16.6. The number of nitrogens with one attached hydrogen (secondary N) is 1. The molecule has 2 N–H and O–H groups in total. The lowest BCUT2D eigenvalue weighted by Crippen LogP contribution is -2.36. The van der Waals surface area contributed by atoms with Gasteiger partial charge in [0.2, 0.25) is 5.91 Å². The normalized spacial score (nSPS) is 20.6. The molecule has 1 aliphatic rings. The Morgan fingerprint density at radius 2 is 1.96 bits per heavy atom. The van der Waals surface area contributed by atoms with Gasteiger partial charge in [-0.1, -0.05) is 12.8 Å². The molecule has 0 saturated heterocycles. The van der Waals surface area contributed by atoms with E-state index < -0.39 is 28.6 Å². The van der Waals surface area contributed by atoms with Crippen molar-refractivity contribution < 1.29 is 24.4 Å². The van der Waals surface area contributed by atoms with Crippen LogP contribution in [-0.2, 0) is 9.59 Å². The molecule has 8 nitrogen and oxygen atoms in total. The van der Waals surface area contributed by atoms with Gasteiger partial charge in [0, 0.05) is 0 Å². The molecule has 1 aromatic carbocycles. The number of ether oxygens (including phenoxy) is 1. The predicted molar refractivity (Wildman–Crippen MR) is 81.4 cm³/mol. The van der Waals surface area contributed by atoms with Crippen molar-refractivity contribution in [3.8, 4) is 5.75 Å². The number of hydrogen-bond acceptors (Lipinski definition) is 5. The molecule has 1 fully saturated rings. The number of carboxylic acids is 1. The van der Waals surface area contributed by atoms with Crippen LogP contribution in [0.3, 0.4) is 0 Å². The summed E-state index contributed by atoms with van der Waals surface area (Å²) in [5, 5.41) is 22.9. The standard InChI is InChI=1S/C15H18N2O6/c1-23-9-6-7-12(13(8-9)17(21)22)16-14(18)10-4-2-3-5-11(10)15(19)20/h6-8,10-11H,2-5H2,1H3,(H,16,18)(H,19,20)/t10-,11-/m0/s1.